The van der Waals surface area contributed by atoms with Crippen LogP contribution in [0.4, 0.5) is 0 Å². The van der Waals surface area contributed by atoms with Crippen LogP contribution < -0.4 is 10.1 Å². The fourth-order valence-corrected chi connectivity index (χ4v) is 2.57. The first-order valence-corrected chi connectivity index (χ1v) is 7.01. The minimum atomic E-state index is 0.737. The van der Waals surface area contributed by atoms with Crippen LogP contribution in [-0.2, 0) is 6.54 Å². The molecule has 0 saturated carbocycles. The first-order valence-electron chi connectivity index (χ1n) is 6.13. The number of pyridine rings is 1. The van der Waals surface area contributed by atoms with Crippen LogP contribution in [-0.4, -0.2) is 18.6 Å². The molecule has 96 valence electrons. The summed E-state index contributed by atoms with van der Waals surface area (Å²) < 4.78 is 5.60. The van der Waals surface area contributed by atoms with E-state index in [1.54, 1.807) is 17.5 Å². The molecule has 2 rings (SSSR count). The van der Waals surface area contributed by atoms with Gasteiger partial charge in [0.15, 0.2) is 0 Å². The van der Waals surface area contributed by atoms with E-state index in [9.17, 15) is 0 Å². The van der Waals surface area contributed by atoms with Gasteiger partial charge in [-0.1, -0.05) is 6.92 Å². The summed E-state index contributed by atoms with van der Waals surface area (Å²) in [5, 5.41) is 5.33. The zero-order chi connectivity index (χ0) is 12.8. The Labute approximate surface area is 112 Å². The smallest absolute Gasteiger partial charge is 0.138 e. The van der Waals surface area contributed by atoms with Gasteiger partial charge in [-0.2, -0.15) is 0 Å². The van der Waals surface area contributed by atoms with Gasteiger partial charge < -0.3 is 10.1 Å². The summed E-state index contributed by atoms with van der Waals surface area (Å²) in [4.78, 5) is 5.47. The summed E-state index contributed by atoms with van der Waals surface area (Å²) in [7, 11) is 1.96. The lowest BCUT2D eigenvalue weighted by Gasteiger charge is -2.05. The van der Waals surface area contributed by atoms with Gasteiger partial charge in [0.2, 0.25) is 0 Å². The number of nitrogens with one attached hydrogen (secondary N) is 1. The Balaban J connectivity index is 2.15. The predicted molar refractivity (Wildman–Crippen MR) is 76.1 cm³/mol. The summed E-state index contributed by atoms with van der Waals surface area (Å²) >= 11 is 1.74. The Hall–Kier alpha value is -1.39. The van der Waals surface area contributed by atoms with E-state index in [-0.39, 0.29) is 0 Å². The van der Waals surface area contributed by atoms with Crippen LogP contribution in [0.25, 0.3) is 10.4 Å². The van der Waals surface area contributed by atoms with Crippen molar-refractivity contribution >= 4 is 11.3 Å². The van der Waals surface area contributed by atoms with Crippen molar-refractivity contribution in [1.29, 1.82) is 0 Å². The molecule has 0 aliphatic heterocycles. The van der Waals surface area contributed by atoms with Crippen LogP contribution >= 0.6 is 11.3 Å². The van der Waals surface area contributed by atoms with E-state index in [1.165, 1.54) is 10.4 Å². The first kappa shape index (κ1) is 13.1. The van der Waals surface area contributed by atoms with Gasteiger partial charge in [0, 0.05) is 23.2 Å². The van der Waals surface area contributed by atoms with E-state index in [0.29, 0.717) is 0 Å². The van der Waals surface area contributed by atoms with Crippen molar-refractivity contribution in [3.63, 3.8) is 0 Å². The third-order valence-corrected chi connectivity index (χ3v) is 3.53. The molecule has 0 aromatic carbocycles. The third-order valence-electron chi connectivity index (χ3n) is 2.51. The van der Waals surface area contributed by atoms with Gasteiger partial charge in [0.25, 0.3) is 0 Å². The molecule has 18 heavy (non-hydrogen) atoms. The molecule has 0 unspecified atom stereocenters. The highest BCUT2D eigenvalue weighted by atomic mass is 32.1. The fourth-order valence-electron chi connectivity index (χ4n) is 1.68. The molecule has 2 aromatic heterocycles. The molecule has 0 aliphatic rings. The molecule has 2 aromatic rings. The maximum Gasteiger partial charge on any atom is 0.138 e. The standard InChI is InChI=1S/C14H18N2OS/c1-3-4-17-13-6-12(8-16-9-13)14-5-11(7-15-2)10-18-14/h5-6,8-10,15H,3-4,7H2,1-2H3. The summed E-state index contributed by atoms with van der Waals surface area (Å²) in [5.41, 5.74) is 2.42. The molecule has 4 heteroatoms. The molecule has 0 fully saturated rings. The van der Waals surface area contributed by atoms with E-state index >= 15 is 0 Å². The van der Waals surface area contributed by atoms with Crippen molar-refractivity contribution in [2.75, 3.05) is 13.7 Å². The molecule has 3 nitrogen and oxygen atoms in total. The zero-order valence-corrected chi connectivity index (χ0v) is 11.6. The second-order valence-corrected chi connectivity index (χ2v) is 5.02. The lowest BCUT2D eigenvalue weighted by atomic mass is 10.2. The van der Waals surface area contributed by atoms with Gasteiger partial charge >= 0.3 is 0 Å². The summed E-state index contributed by atoms with van der Waals surface area (Å²) in [5.74, 6) is 0.845. The van der Waals surface area contributed by atoms with Crippen LogP contribution in [0.3, 0.4) is 0 Å². The topological polar surface area (TPSA) is 34.1 Å². The zero-order valence-electron chi connectivity index (χ0n) is 10.8. The highest BCUT2D eigenvalue weighted by Gasteiger charge is 2.04. The first-order chi connectivity index (χ1) is 8.83. The second kappa shape index (κ2) is 6.52. The Morgan fingerprint density at radius 2 is 2.22 bits per heavy atom. The number of hydrogen-bond donors (Lipinski definition) is 1. The predicted octanol–water partition coefficient (Wildman–Crippen LogP) is 3.32. The Morgan fingerprint density at radius 1 is 1.33 bits per heavy atom. The summed E-state index contributed by atoms with van der Waals surface area (Å²) in [6.07, 6.45) is 4.66. The number of rotatable bonds is 6. The quantitative estimate of drug-likeness (QED) is 0.867. The van der Waals surface area contributed by atoms with Crippen LogP contribution in [0.15, 0.2) is 29.9 Å². The average molecular weight is 262 g/mol. The maximum atomic E-state index is 5.60. The van der Waals surface area contributed by atoms with E-state index in [0.717, 1.165) is 30.9 Å². The molecular weight excluding hydrogens is 244 g/mol. The monoisotopic (exact) mass is 262 g/mol. The largest absolute Gasteiger partial charge is 0.492 e. The van der Waals surface area contributed by atoms with E-state index in [4.69, 9.17) is 4.74 Å². The van der Waals surface area contributed by atoms with Crippen LogP contribution in [0.5, 0.6) is 5.75 Å². The van der Waals surface area contributed by atoms with Gasteiger partial charge in [-0.3, -0.25) is 4.98 Å². The minimum absolute atomic E-state index is 0.737. The second-order valence-electron chi connectivity index (χ2n) is 4.11. The SMILES string of the molecule is CCCOc1cncc(-c2cc(CNC)cs2)c1. The lowest BCUT2D eigenvalue weighted by Crippen LogP contribution is -2.03. The Morgan fingerprint density at radius 3 is 3.00 bits per heavy atom. The third kappa shape index (κ3) is 3.31. The number of nitrogens with zero attached hydrogens (tertiary/aromatic N) is 1. The molecule has 2 heterocycles. The molecule has 0 amide bonds. The molecule has 0 spiro atoms. The maximum absolute atomic E-state index is 5.60. The molecule has 0 bridgehead atoms. The van der Waals surface area contributed by atoms with Crippen LogP contribution in [0.1, 0.15) is 18.9 Å². The lowest BCUT2D eigenvalue weighted by molar-refractivity contribution is 0.316. The average Bonchev–Trinajstić information content (AvgIpc) is 2.86. The van der Waals surface area contributed by atoms with Crippen molar-refractivity contribution in [1.82, 2.24) is 10.3 Å². The van der Waals surface area contributed by atoms with E-state index < -0.39 is 0 Å². The van der Waals surface area contributed by atoms with Crippen molar-refractivity contribution in [2.45, 2.75) is 19.9 Å². The van der Waals surface area contributed by atoms with E-state index in [2.05, 4.69) is 34.7 Å². The van der Waals surface area contributed by atoms with Crippen molar-refractivity contribution in [3.05, 3.63) is 35.5 Å². The molecule has 0 saturated heterocycles. The van der Waals surface area contributed by atoms with Crippen LogP contribution in [0, 0.1) is 0 Å². The van der Waals surface area contributed by atoms with Crippen molar-refractivity contribution < 1.29 is 4.74 Å². The highest BCUT2D eigenvalue weighted by molar-refractivity contribution is 7.13. The number of thiophene rings is 1. The minimum Gasteiger partial charge on any atom is -0.492 e. The Bertz CT molecular complexity index is 496. The van der Waals surface area contributed by atoms with Gasteiger partial charge in [-0.15, -0.1) is 11.3 Å². The molecule has 0 aliphatic carbocycles. The normalized spacial score (nSPS) is 10.6. The molecule has 0 atom stereocenters. The molecule has 1 N–H and O–H groups in total. The highest BCUT2D eigenvalue weighted by Crippen LogP contribution is 2.28. The van der Waals surface area contributed by atoms with Crippen molar-refractivity contribution in [3.8, 4) is 16.2 Å². The Kier molecular flexibility index (Phi) is 4.73. The number of hydrogen-bond acceptors (Lipinski definition) is 4. The summed E-state index contributed by atoms with van der Waals surface area (Å²) in [6.45, 7) is 3.73. The van der Waals surface area contributed by atoms with E-state index in [1.807, 2.05) is 13.2 Å². The van der Waals surface area contributed by atoms with Crippen molar-refractivity contribution in [2.24, 2.45) is 0 Å². The molecule has 0 radical (unpaired) electrons. The summed E-state index contributed by atoms with van der Waals surface area (Å²) in [6, 6.07) is 4.25. The fraction of sp³-hybridized carbons (Fsp3) is 0.357. The number of ether oxygens (including phenoxy) is 1. The van der Waals surface area contributed by atoms with Gasteiger partial charge in [-0.05, 0) is 36.5 Å². The van der Waals surface area contributed by atoms with Gasteiger partial charge in [-0.25, -0.2) is 0 Å². The van der Waals surface area contributed by atoms with Gasteiger partial charge in [0.1, 0.15) is 5.75 Å². The van der Waals surface area contributed by atoms with Gasteiger partial charge in [0.05, 0.1) is 12.8 Å². The number of aromatic nitrogens is 1. The molecular formula is C14H18N2OS. The van der Waals surface area contributed by atoms with Crippen LogP contribution in [0.2, 0.25) is 0 Å².